The lowest BCUT2D eigenvalue weighted by atomic mass is 9.76. The summed E-state index contributed by atoms with van der Waals surface area (Å²) in [5.74, 6) is -3.41. The van der Waals surface area contributed by atoms with Crippen molar-refractivity contribution in [3.05, 3.63) is 191 Å². The molecule has 7 amide bonds. The van der Waals surface area contributed by atoms with Crippen LogP contribution < -0.4 is 31.9 Å². The Morgan fingerprint density at radius 1 is 0.489 bits per heavy atom. The fourth-order valence-electron chi connectivity index (χ4n) is 14.0. The Labute approximate surface area is 529 Å². The normalized spacial score (nSPS) is 20.2. The highest BCUT2D eigenvalue weighted by Gasteiger charge is 2.47. The first-order valence-electron chi connectivity index (χ1n) is 32.7. The van der Waals surface area contributed by atoms with Gasteiger partial charge in [-0.25, -0.2) is 0 Å². The van der Waals surface area contributed by atoms with Crippen molar-refractivity contribution < 1.29 is 38.4 Å². The van der Waals surface area contributed by atoms with Gasteiger partial charge in [0, 0.05) is 54.6 Å². The molecule has 4 fully saturated rings. The number of carbonyl (C=O) groups excluding carboxylic acids is 8. The van der Waals surface area contributed by atoms with Gasteiger partial charge in [0.1, 0.15) is 23.9 Å². The summed E-state index contributed by atoms with van der Waals surface area (Å²) in [6, 6.07) is 43.6. The van der Waals surface area contributed by atoms with Crippen LogP contribution in [-0.4, -0.2) is 113 Å². The Balaban J connectivity index is 0.868. The van der Waals surface area contributed by atoms with Crippen LogP contribution in [0.25, 0.3) is 10.8 Å². The lowest BCUT2D eigenvalue weighted by Crippen LogP contribution is -2.57. The van der Waals surface area contributed by atoms with E-state index in [1.807, 2.05) is 135 Å². The van der Waals surface area contributed by atoms with E-state index in [9.17, 15) is 28.8 Å². The van der Waals surface area contributed by atoms with Crippen molar-refractivity contribution >= 4 is 57.9 Å². The Morgan fingerprint density at radius 2 is 0.889 bits per heavy atom. The zero-order valence-corrected chi connectivity index (χ0v) is 52.4. The zero-order valence-electron chi connectivity index (χ0n) is 52.4. The number of amides is 7. The molecule has 0 unspecified atom stereocenters. The summed E-state index contributed by atoms with van der Waals surface area (Å²) in [5, 5.41) is 20.4. The summed E-state index contributed by atoms with van der Waals surface area (Å²) in [6.45, 7) is 5.71. The van der Waals surface area contributed by atoms with Gasteiger partial charge >= 0.3 is 0 Å². The van der Waals surface area contributed by atoms with Gasteiger partial charge in [-0.2, -0.15) is 0 Å². The molecule has 472 valence electrons. The van der Waals surface area contributed by atoms with E-state index in [2.05, 4.69) is 31.9 Å². The number of Topliss-reactive ketones (excluding diaryl/α,β-unsaturated/α-hetero) is 1. The van der Waals surface area contributed by atoms with Gasteiger partial charge < -0.3 is 41.7 Å². The molecule has 90 heavy (non-hydrogen) atoms. The van der Waals surface area contributed by atoms with Crippen LogP contribution in [-0.2, 0) is 28.8 Å². The van der Waals surface area contributed by atoms with Gasteiger partial charge in [-0.1, -0.05) is 186 Å². The number of hydrogen-bond acceptors (Lipinski definition) is 9. The maximum absolute atomic E-state index is 15.2. The first-order valence-corrected chi connectivity index (χ1v) is 32.7. The van der Waals surface area contributed by atoms with E-state index in [0.29, 0.717) is 28.3 Å². The highest BCUT2D eigenvalue weighted by atomic mass is 16.2. The van der Waals surface area contributed by atoms with E-state index in [1.165, 1.54) is 0 Å². The van der Waals surface area contributed by atoms with Crippen LogP contribution in [0.3, 0.4) is 0 Å². The standard InChI is InChI=1S/C74H88N8O8/c1-5-47(2)68(84)80-67(54-34-22-11-23-35-54)74(90)82-46-60(43-63(82)72(88)79-66(52-30-18-9-19-31-52)53-32-20-10-21-33-53)77-70(86)58-39-37-55-40-57(38-36-56(55)41-58)69(85)76-59-42-62(71(87)78-65(50-26-14-7-15-27-50)51-28-16-8-17-29-51)81(45-59)73(89)61(44-64(83)48(3)75-4)49-24-12-6-13-25-49/h7-10,14-21,26-33,36-41,47-49,54,59-63,65-67,75H,5-6,11-13,22-25,34-35,42-46H2,1-4H3,(H,76,85)(H,77,86)(H,78,87)(H,79,88)(H,80,84)/t47-,48+,59+,60+,61+,62+,63+,67+/m1/s1. The summed E-state index contributed by atoms with van der Waals surface area (Å²) in [4.78, 5) is 119. The monoisotopic (exact) mass is 1220 g/mol. The van der Waals surface area contributed by atoms with Crippen LogP contribution in [0.2, 0.25) is 0 Å². The molecule has 6 aromatic rings. The van der Waals surface area contributed by atoms with E-state index < -0.39 is 66.1 Å². The largest absolute Gasteiger partial charge is 0.347 e. The molecule has 6 N–H and O–H groups in total. The molecule has 2 aliphatic heterocycles. The van der Waals surface area contributed by atoms with Crippen molar-refractivity contribution in [1.29, 1.82) is 0 Å². The minimum absolute atomic E-state index is 0.0182. The van der Waals surface area contributed by atoms with E-state index >= 15 is 9.59 Å². The predicted molar refractivity (Wildman–Crippen MR) is 349 cm³/mol. The van der Waals surface area contributed by atoms with Gasteiger partial charge in [0.25, 0.3) is 11.8 Å². The van der Waals surface area contributed by atoms with Gasteiger partial charge in [0.05, 0.1) is 18.1 Å². The first kappa shape index (κ1) is 64.5. The number of nitrogens with one attached hydrogen (secondary N) is 6. The molecule has 16 heteroatoms. The van der Waals surface area contributed by atoms with Crippen molar-refractivity contribution in [1.82, 2.24) is 41.7 Å². The molecule has 0 bridgehead atoms. The molecule has 0 radical (unpaired) electrons. The van der Waals surface area contributed by atoms with Crippen LogP contribution in [0, 0.1) is 23.7 Å². The van der Waals surface area contributed by atoms with Crippen LogP contribution in [0.5, 0.6) is 0 Å². The molecular formula is C74H88N8O8. The van der Waals surface area contributed by atoms with E-state index in [1.54, 1.807) is 60.2 Å². The topological polar surface area (TPSA) is 215 Å². The Morgan fingerprint density at radius 3 is 1.29 bits per heavy atom. The summed E-state index contributed by atoms with van der Waals surface area (Å²) >= 11 is 0. The number of carbonyl (C=O) groups is 8. The smallest absolute Gasteiger partial charge is 0.251 e. The Bertz CT molecular complexity index is 3160. The van der Waals surface area contributed by atoms with E-state index in [-0.39, 0.29) is 85.4 Å². The van der Waals surface area contributed by atoms with Crippen molar-refractivity contribution in [2.75, 3.05) is 20.1 Å². The van der Waals surface area contributed by atoms with Crippen LogP contribution >= 0.6 is 0 Å². The summed E-state index contributed by atoms with van der Waals surface area (Å²) in [5.41, 5.74) is 4.17. The van der Waals surface area contributed by atoms with Crippen molar-refractivity contribution in [3.8, 4) is 0 Å². The second-order valence-electron chi connectivity index (χ2n) is 25.5. The fourth-order valence-corrected chi connectivity index (χ4v) is 14.0. The third-order valence-corrected chi connectivity index (χ3v) is 19.5. The van der Waals surface area contributed by atoms with Gasteiger partial charge in [-0.05, 0) is 128 Å². The summed E-state index contributed by atoms with van der Waals surface area (Å²) < 4.78 is 0. The lowest BCUT2D eigenvalue weighted by Gasteiger charge is -2.35. The van der Waals surface area contributed by atoms with Gasteiger partial charge in [-0.15, -0.1) is 0 Å². The molecule has 0 aromatic heterocycles. The molecule has 2 heterocycles. The number of likely N-dealkylation sites (N-methyl/N-ethyl adjacent to an activating group) is 1. The molecule has 2 saturated heterocycles. The van der Waals surface area contributed by atoms with Gasteiger partial charge in [0.15, 0.2) is 0 Å². The minimum atomic E-state index is -0.964. The second-order valence-corrected chi connectivity index (χ2v) is 25.5. The van der Waals surface area contributed by atoms with E-state index in [4.69, 9.17) is 0 Å². The average molecular weight is 1220 g/mol. The van der Waals surface area contributed by atoms with Crippen molar-refractivity contribution in [2.45, 2.75) is 159 Å². The number of rotatable bonds is 23. The Hall–Kier alpha value is -8.50. The number of benzene rings is 6. The third-order valence-electron chi connectivity index (χ3n) is 19.5. The van der Waals surface area contributed by atoms with Gasteiger partial charge in [0.2, 0.25) is 29.5 Å². The van der Waals surface area contributed by atoms with E-state index in [0.717, 1.165) is 86.5 Å². The number of fused-ring (bicyclic) bond motifs is 1. The molecule has 16 nitrogen and oxygen atoms in total. The maximum atomic E-state index is 15.2. The number of nitrogens with zero attached hydrogens (tertiary/aromatic N) is 2. The molecule has 6 aromatic carbocycles. The van der Waals surface area contributed by atoms with Crippen molar-refractivity contribution in [2.24, 2.45) is 23.7 Å². The predicted octanol–water partition coefficient (Wildman–Crippen LogP) is 9.92. The minimum Gasteiger partial charge on any atom is -0.347 e. The third kappa shape index (κ3) is 15.5. The molecule has 10 rings (SSSR count). The highest BCUT2D eigenvalue weighted by molar-refractivity contribution is 6.03. The number of likely N-dealkylation sites (tertiary alicyclic amines) is 2. The molecule has 8 atom stereocenters. The molecule has 2 aliphatic carbocycles. The molecular weight excluding hydrogens is 1130 g/mol. The van der Waals surface area contributed by atoms with Crippen LogP contribution in [0.15, 0.2) is 158 Å². The first-order chi connectivity index (χ1) is 43.7. The summed E-state index contributed by atoms with van der Waals surface area (Å²) in [7, 11) is 1.73. The van der Waals surface area contributed by atoms with Crippen molar-refractivity contribution in [3.63, 3.8) is 0 Å². The highest BCUT2D eigenvalue weighted by Crippen LogP contribution is 2.37. The second kappa shape index (κ2) is 30.3. The molecule has 0 spiro atoms. The Kier molecular flexibility index (Phi) is 21.7. The van der Waals surface area contributed by atoms with Crippen LogP contribution in [0.1, 0.15) is 166 Å². The fraction of sp³-hybridized carbons (Fsp3) is 0.432. The quantitative estimate of drug-likeness (QED) is 0.0360. The number of ketones is 1. The maximum Gasteiger partial charge on any atom is 0.251 e. The van der Waals surface area contributed by atoms with Gasteiger partial charge in [-0.3, -0.25) is 38.4 Å². The SMILES string of the molecule is CC[C@@H](C)C(=O)N[C@H](C(=O)N1C[C@@H](NC(=O)c2ccc3cc(C(=O)N[C@H]4C[C@@H](C(=O)NC(c5ccccc5)c5ccccc5)N(C(=O)[C@@H](CC(=O)[C@H](C)NC)C5CCCCC5)C4)ccc3c2)C[C@H]1C(=O)NC(c1ccccc1)c1ccccc1)C1CCCCC1. The molecule has 2 saturated carbocycles. The molecule has 4 aliphatic rings. The average Bonchev–Trinajstić information content (AvgIpc) is 3.89. The van der Waals surface area contributed by atoms with Crippen LogP contribution in [0.4, 0.5) is 0 Å². The summed E-state index contributed by atoms with van der Waals surface area (Å²) in [6.07, 6.45) is 10.0. The number of hydrogen-bond donors (Lipinski definition) is 6. The lowest BCUT2D eigenvalue weighted by molar-refractivity contribution is -0.145. The zero-order chi connectivity index (χ0) is 63.3.